The normalized spacial score (nSPS) is 17.1. The van der Waals surface area contributed by atoms with Crippen molar-refractivity contribution in [2.75, 3.05) is 37.8 Å². The van der Waals surface area contributed by atoms with Gasteiger partial charge in [-0.2, -0.15) is 0 Å². The van der Waals surface area contributed by atoms with Gasteiger partial charge >= 0.3 is 5.97 Å². The lowest BCUT2D eigenvalue weighted by molar-refractivity contribution is -0.384. The molecule has 12 heteroatoms. The summed E-state index contributed by atoms with van der Waals surface area (Å²) in [6, 6.07) is 17.0. The standard InChI is InChI=1S/C30H26N4O6S2/c1-2-40-29(36)25-26(19-7-4-3-5-8-19)31-30-33(27(25)23-9-6-16-41-23)28(35)24(42-30)18-20-17-21(34(37)38)10-11-22(20)32-12-14-39-15-13-32/h3-11,16-18,27H,2,12-15H2,1H3/t27-/m0/s1. The van der Waals surface area contributed by atoms with Crippen molar-refractivity contribution in [3.8, 4) is 0 Å². The van der Waals surface area contributed by atoms with E-state index in [-0.39, 0.29) is 23.4 Å². The number of thiophene rings is 1. The van der Waals surface area contributed by atoms with E-state index < -0.39 is 16.9 Å². The zero-order valence-corrected chi connectivity index (χ0v) is 24.2. The summed E-state index contributed by atoms with van der Waals surface area (Å²) in [6.07, 6.45) is 1.68. The highest BCUT2D eigenvalue weighted by molar-refractivity contribution is 7.10. The van der Waals surface area contributed by atoms with Gasteiger partial charge in [0.15, 0.2) is 4.80 Å². The fourth-order valence-corrected chi connectivity index (χ4v) is 6.98. The first-order valence-electron chi connectivity index (χ1n) is 13.4. The van der Waals surface area contributed by atoms with Gasteiger partial charge in [0.1, 0.15) is 6.04 Å². The maximum Gasteiger partial charge on any atom is 0.338 e. The third-order valence-corrected chi connectivity index (χ3v) is 8.95. The second-order valence-electron chi connectivity index (χ2n) is 9.55. The number of benzene rings is 2. The van der Waals surface area contributed by atoms with Gasteiger partial charge in [-0.1, -0.05) is 47.7 Å². The van der Waals surface area contributed by atoms with Crippen molar-refractivity contribution in [2.45, 2.75) is 13.0 Å². The first-order valence-corrected chi connectivity index (χ1v) is 15.1. The van der Waals surface area contributed by atoms with Crippen molar-refractivity contribution in [1.29, 1.82) is 0 Å². The summed E-state index contributed by atoms with van der Waals surface area (Å²) in [5, 5.41) is 13.5. The van der Waals surface area contributed by atoms with Crippen LogP contribution >= 0.6 is 22.7 Å². The molecular formula is C30H26N4O6S2. The lowest BCUT2D eigenvalue weighted by Gasteiger charge is -2.30. The first kappa shape index (κ1) is 27.8. The Bertz CT molecular complexity index is 1860. The van der Waals surface area contributed by atoms with E-state index >= 15 is 0 Å². The Balaban J connectivity index is 1.60. The molecule has 10 nitrogen and oxygen atoms in total. The summed E-state index contributed by atoms with van der Waals surface area (Å²) in [5.74, 6) is -0.541. The molecule has 214 valence electrons. The van der Waals surface area contributed by atoms with Gasteiger partial charge in [0.25, 0.3) is 11.2 Å². The Kier molecular flexibility index (Phi) is 7.83. The Labute approximate surface area is 248 Å². The van der Waals surface area contributed by atoms with Gasteiger partial charge in [0.2, 0.25) is 0 Å². The predicted octanol–water partition coefficient (Wildman–Crippen LogP) is 3.74. The summed E-state index contributed by atoms with van der Waals surface area (Å²) in [7, 11) is 0. The van der Waals surface area contributed by atoms with Crippen LogP contribution in [0.25, 0.3) is 11.8 Å². The van der Waals surface area contributed by atoms with Crippen LogP contribution in [-0.4, -0.2) is 48.4 Å². The molecule has 0 amide bonds. The number of aromatic nitrogens is 1. The third-order valence-electron chi connectivity index (χ3n) is 7.05. The molecule has 2 aromatic carbocycles. The highest BCUT2D eigenvalue weighted by atomic mass is 32.1. The van der Waals surface area contributed by atoms with Crippen LogP contribution in [0.1, 0.15) is 29.0 Å². The fourth-order valence-electron chi connectivity index (χ4n) is 5.16. The fraction of sp³-hybridized carbons (Fsp3) is 0.233. The zero-order chi connectivity index (χ0) is 29.2. The second kappa shape index (κ2) is 11.8. The second-order valence-corrected chi connectivity index (χ2v) is 11.5. The highest BCUT2D eigenvalue weighted by Crippen LogP contribution is 2.37. The van der Waals surface area contributed by atoms with Crippen LogP contribution in [-0.2, 0) is 14.3 Å². The molecule has 6 rings (SSSR count). The van der Waals surface area contributed by atoms with Crippen LogP contribution in [0.2, 0.25) is 0 Å². The van der Waals surface area contributed by atoms with Gasteiger partial charge in [-0.3, -0.25) is 19.5 Å². The van der Waals surface area contributed by atoms with Crippen LogP contribution in [0.15, 0.2) is 81.4 Å². The summed E-state index contributed by atoms with van der Waals surface area (Å²) in [4.78, 5) is 47.0. The van der Waals surface area contributed by atoms with E-state index in [1.165, 1.54) is 39.4 Å². The van der Waals surface area contributed by atoms with Gasteiger partial charge in [-0.05, 0) is 30.5 Å². The van der Waals surface area contributed by atoms with E-state index in [1.54, 1.807) is 19.1 Å². The van der Waals surface area contributed by atoms with Gasteiger partial charge < -0.3 is 14.4 Å². The van der Waals surface area contributed by atoms with Crippen LogP contribution in [0.4, 0.5) is 11.4 Å². The SMILES string of the molecule is CCOC(=O)C1=C(c2ccccc2)N=c2sc(=Cc3cc([N+](=O)[O-])ccc3N3CCOCC3)c(=O)n2[C@H]1c1cccs1. The smallest absolute Gasteiger partial charge is 0.338 e. The number of anilines is 1. The number of non-ortho nitro benzene ring substituents is 1. The maximum atomic E-state index is 14.1. The van der Waals surface area contributed by atoms with E-state index in [1.807, 2.05) is 47.8 Å². The van der Waals surface area contributed by atoms with E-state index in [0.29, 0.717) is 46.9 Å². The van der Waals surface area contributed by atoms with Crippen molar-refractivity contribution in [2.24, 2.45) is 4.99 Å². The molecule has 4 heterocycles. The molecule has 0 N–H and O–H groups in total. The number of nitro benzene ring substituents is 1. The quantitative estimate of drug-likeness (QED) is 0.180. The summed E-state index contributed by atoms with van der Waals surface area (Å²) >= 11 is 2.62. The summed E-state index contributed by atoms with van der Waals surface area (Å²) < 4.78 is 12.9. The van der Waals surface area contributed by atoms with E-state index in [4.69, 9.17) is 14.5 Å². The Morgan fingerprint density at radius 2 is 1.95 bits per heavy atom. The molecule has 1 atom stereocenters. The van der Waals surface area contributed by atoms with Crippen molar-refractivity contribution >= 4 is 51.8 Å². The number of nitro groups is 1. The monoisotopic (exact) mass is 602 g/mol. The van der Waals surface area contributed by atoms with Gasteiger partial charge in [0.05, 0.1) is 40.5 Å². The lowest BCUT2D eigenvalue weighted by atomic mass is 9.97. The molecule has 1 fully saturated rings. The van der Waals surface area contributed by atoms with Crippen molar-refractivity contribution in [1.82, 2.24) is 4.57 Å². The average Bonchev–Trinajstić information content (AvgIpc) is 3.65. The number of rotatable bonds is 7. The van der Waals surface area contributed by atoms with Crippen LogP contribution < -0.4 is 19.8 Å². The predicted molar refractivity (Wildman–Crippen MR) is 162 cm³/mol. The van der Waals surface area contributed by atoms with Crippen molar-refractivity contribution < 1.29 is 19.2 Å². The Morgan fingerprint density at radius 3 is 2.64 bits per heavy atom. The van der Waals surface area contributed by atoms with Crippen molar-refractivity contribution in [3.05, 3.63) is 117 Å². The minimum Gasteiger partial charge on any atom is -0.463 e. The average molecular weight is 603 g/mol. The molecule has 2 aromatic heterocycles. The van der Waals surface area contributed by atoms with E-state index in [9.17, 15) is 19.7 Å². The number of thiazole rings is 1. The van der Waals surface area contributed by atoms with Gasteiger partial charge in [-0.25, -0.2) is 9.79 Å². The molecule has 0 radical (unpaired) electrons. The number of carbonyl (C=O) groups is 1. The maximum absolute atomic E-state index is 14.1. The molecule has 1 saturated heterocycles. The largest absolute Gasteiger partial charge is 0.463 e. The highest BCUT2D eigenvalue weighted by Gasteiger charge is 2.35. The van der Waals surface area contributed by atoms with Crippen molar-refractivity contribution in [3.63, 3.8) is 0 Å². The number of hydrogen-bond acceptors (Lipinski definition) is 10. The Hall–Kier alpha value is -4.39. The van der Waals surface area contributed by atoms with E-state index in [2.05, 4.69) is 4.90 Å². The first-order chi connectivity index (χ1) is 20.5. The molecule has 0 unspecified atom stereocenters. The Morgan fingerprint density at radius 1 is 1.17 bits per heavy atom. The molecule has 0 aliphatic carbocycles. The summed E-state index contributed by atoms with van der Waals surface area (Å²) in [6.45, 7) is 4.24. The third kappa shape index (κ3) is 5.20. The minimum absolute atomic E-state index is 0.0709. The van der Waals surface area contributed by atoms with Gasteiger partial charge in [0, 0.05) is 46.9 Å². The number of esters is 1. The molecule has 42 heavy (non-hydrogen) atoms. The molecular weight excluding hydrogens is 576 g/mol. The lowest BCUT2D eigenvalue weighted by Crippen LogP contribution is -2.39. The topological polar surface area (TPSA) is 116 Å². The number of ether oxygens (including phenoxy) is 2. The van der Waals surface area contributed by atoms with Gasteiger partial charge in [-0.15, -0.1) is 11.3 Å². The molecule has 0 saturated carbocycles. The van der Waals surface area contributed by atoms with E-state index in [0.717, 1.165) is 16.1 Å². The number of hydrogen-bond donors (Lipinski definition) is 0. The molecule has 2 aliphatic rings. The number of morpholine rings is 1. The van der Waals surface area contributed by atoms with Crippen LogP contribution in [0.3, 0.4) is 0 Å². The molecule has 0 spiro atoms. The van der Waals surface area contributed by atoms with Crippen LogP contribution in [0.5, 0.6) is 0 Å². The molecule has 0 bridgehead atoms. The molecule has 4 aromatic rings. The number of nitrogens with zero attached hydrogens (tertiary/aromatic N) is 4. The summed E-state index contributed by atoms with van der Waals surface area (Å²) in [5.41, 5.74) is 2.38. The van der Waals surface area contributed by atoms with Crippen LogP contribution in [0, 0.1) is 10.1 Å². The minimum atomic E-state index is -0.749. The molecule has 2 aliphatic heterocycles. The number of carbonyl (C=O) groups excluding carboxylic acids is 1. The zero-order valence-electron chi connectivity index (χ0n) is 22.6. The number of fused-ring (bicyclic) bond motifs is 1.